The van der Waals surface area contributed by atoms with Crippen LogP contribution >= 0.6 is 0 Å². The summed E-state index contributed by atoms with van der Waals surface area (Å²) in [5.74, 6) is -0.873. The Balaban J connectivity index is 1.82. The van der Waals surface area contributed by atoms with Gasteiger partial charge < -0.3 is 11.1 Å². The minimum Gasteiger partial charge on any atom is -0.369 e. The third-order valence-electron chi connectivity index (χ3n) is 6.00. The quantitative estimate of drug-likeness (QED) is 0.548. The first-order chi connectivity index (χ1) is 16.8. The molecule has 12 heteroatoms. The van der Waals surface area contributed by atoms with E-state index < -0.39 is 39.6 Å². The fourth-order valence-corrected chi connectivity index (χ4v) is 5.54. The number of benzene rings is 2. The summed E-state index contributed by atoms with van der Waals surface area (Å²) in [6.07, 6.45) is -4.61. The van der Waals surface area contributed by atoms with Crippen LogP contribution in [0, 0.1) is 0 Å². The fraction of sp³-hybridized carbons (Fsp3) is 0.417. The highest BCUT2D eigenvalue weighted by molar-refractivity contribution is 7.89. The molecule has 1 aliphatic rings. The van der Waals surface area contributed by atoms with E-state index in [-0.39, 0.29) is 37.6 Å². The van der Waals surface area contributed by atoms with Crippen LogP contribution < -0.4 is 11.1 Å². The minimum atomic E-state index is -4.61. The number of primary amides is 1. The van der Waals surface area contributed by atoms with Crippen LogP contribution in [0.3, 0.4) is 0 Å². The molecule has 1 fully saturated rings. The maximum Gasteiger partial charge on any atom is 0.416 e. The number of amides is 2. The molecule has 0 bridgehead atoms. The molecule has 1 atom stereocenters. The smallest absolute Gasteiger partial charge is 0.369 e. The average molecular weight is 527 g/mol. The highest BCUT2D eigenvalue weighted by atomic mass is 32.2. The molecule has 0 aliphatic carbocycles. The molecule has 2 amide bonds. The van der Waals surface area contributed by atoms with Gasteiger partial charge in [0, 0.05) is 26.2 Å². The number of carbonyl (C=O) groups excluding carboxylic acids is 2. The summed E-state index contributed by atoms with van der Waals surface area (Å²) in [6.45, 7) is 4.00. The first kappa shape index (κ1) is 27.6. The molecule has 3 N–H and O–H groups in total. The van der Waals surface area contributed by atoms with E-state index in [1.165, 1.54) is 0 Å². The minimum absolute atomic E-state index is 0.0963. The summed E-state index contributed by atoms with van der Waals surface area (Å²) in [5.41, 5.74) is 6.23. The van der Waals surface area contributed by atoms with Crippen LogP contribution in [0.5, 0.6) is 0 Å². The molecule has 0 saturated carbocycles. The zero-order chi connectivity index (χ0) is 26.7. The predicted molar refractivity (Wildman–Crippen MR) is 127 cm³/mol. The number of nitrogens with two attached hydrogens (primary N) is 1. The molecule has 8 nitrogen and oxygen atoms in total. The van der Waals surface area contributed by atoms with Crippen LogP contribution in [0.15, 0.2) is 53.4 Å². The molecule has 196 valence electrons. The molecule has 1 saturated heterocycles. The summed E-state index contributed by atoms with van der Waals surface area (Å²) >= 11 is 0. The normalized spacial score (nSPS) is 17.8. The molecule has 1 aliphatic heterocycles. The molecule has 2 aromatic carbocycles. The van der Waals surface area contributed by atoms with E-state index in [1.54, 1.807) is 4.90 Å². The molecule has 3 rings (SSSR count). The molecule has 0 unspecified atom stereocenters. The van der Waals surface area contributed by atoms with E-state index in [9.17, 15) is 31.2 Å². The van der Waals surface area contributed by atoms with Gasteiger partial charge >= 0.3 is 6.18 Å². The number of nitrogens with zero attached hydrogens (tertiary/aromatic N) is 2. The topological polar surface area (TPSA) is 113 Å². The second-order valence-corrected chi connectivity index (χ2v) is 10.9. The van der Waals surface area contributed by atoms with Crippen molar-refractivity contribution in [3.05, 3.63) is 65.2 Å². The molecule has 0 spiro atoms. The van der Waals surface area contributed by atoms with E-state index in [2.05, 4.69) is 19.2 Å². The van der Waals surface area contributed by atoms with Gasteiger partial charge in [-0.2, -0.15) is 17.5 Å². The van der Waals surface area contributed by atoms with Gasteiger partial charge in [0.25, 0.3) is 0 Å². The molecule has 0 radical (unpaired) electrons. The lowest BCUT2D eigenvalue weighted by atomic mass is 10.0. The highest BCUT2D eigenvalue weighted by Gasteiger charge is 2.40. The van der Waals surface area contributed by atoms with E-state index in [1.807, 2.05) is 24.3 Å². The monoisotopic (exact) mass is 526 g/mol. The van der Waals surface area contributed by atoms with Gasteiger partial charge in [0.2, 0.25) is 21.8 Å². The first-order valence-electron chi connectivity index (χ1n) is 11.4. The summed E-state index contributed by atoms with van der Waals surface area (Å²) < 4.78 is 66.4. The summed E-state index contributed by atoms with van der Waals surface area (Å²) in [5, 5.41) is 2.74. The molecular weight excluding hydrogens is 497 g/mol. The summed E-state index contributed by atoms with van der Waals surface area (Å²) in [4.78, 5) is 25.8. The van der Waals surface area contributed by atoms with Crippen molar-refractivity contribution in [2.75, 3.05) is 26.2 Å². The Bertz CT molecular complexity index is 1180. The van der Waals surface area contributed by atoms with E-state index >= 15 is 0 Å². The van der Waals surface area contributed by atoms with Crippen LogP contribution in [0.2, 0.25) is 0 Å². The Morgan fingerprint density at radius 1 is 1.06 bits per heavy atom. The molecular formula is C24H29F3N4O4S. The van der Waals surface area contributed by atoms with Crippen LogP contribution in [0.1, 0.15) is 36.5 Å². The van der Waals surface area contributed by atoms with Gasteiger partial charge in [0.05, 0.1) is 17.0 Å². The van der Waals surface area contributed by atoms with E-state index in [0.717, 1.165) is 27.6 Å². The number of nitrogens with one attached hydrogen (secondary N) is 1. The predicted octanol–water partition coefficient (Wildman–Crippen LogP) is 2.31. The number of alkyl halides is 3. The zero-order valence-corrected chi connectivity index (χ0v) is 20.8. The van der Waals surface area contributed by atoms with Crippen molar-refractivity contribution >= 4 is 21.8 Å². The summed E-state index contributed by atoms with van der Waals surface area (Å²) in [7, 11) is -4.31. The van der Waals surface area contributed by atoms with Crippen LogP contribution in [-0.4, -0.2) is 61.7 Å². The van der Waals surface area contributed by atoms with Gasteiger partial charge in [0.15, 0.2) is 0 Å². The number of hydrogen-bond acceptors (Lipinski definition) is 5. The molecule has 36 heavy (non-hydrogen) atoms. The van der Waals surface area contributed by atoms with Gasteiger partial charge in [0.1, 0.15) is 6.04 Å². The lowest BCUT2D eigenvalue weighted by Gasteiger charge is -2.39. The third kappa shape index (κ3) is 6.62. The Hall–Kier alpha value is -2.96. The Kier molecular flexibility index (Phi) is 8.42. The van der Waals surface area contributed by atoms with Crippen molar-refractivity contribution in [3.8, 4) is 0 Å². The SMILES string of the molecule is CC(C)c1ccc(CNC(=O)[C@H]2CN(CC(N)=O)CCN2S(=O)(=O)c2ccc(C(F)(F)F)cc2)cc1. The number of hydrogen-bond donors (Lipinski definition) is 2. The number of rotatable bonds is 8. The lowest BCUT2D eigenvalue weighted by molar-refractivity contribution is -0.137. The second-order valence-electron chi connectivity index (χ2n) is 8.97. The average Bonchev–Trinajstić information content (AvgIpc) is 2.81. The van der Waals surface area contributed by atoms with Crippen molar-refractivity contribution in [3.63, 3.8) is 0 Å². The maximum absolute atomic E-state index is 13.3. The standard InChI is InChI=1S/C24H29F3N4O4S/c1-16(2)18-5-3-17(4-6-18)13-29-23(33)21-14-30(15-22(28)32)11-12-31(21)36(34,35)20-9-7-19(8-10-20)24(25,26)27/h3-10,16,21H,11-15H2,1-2H3,(H2,28,32)(H,29,33)/t21-/m1/s1. The van der Waals surface area contributed by atoms with Gasteiger partial charge in [-0.05, 0) is 41.3 Å². The van der Waals surface area contributed by atoms with Crippen LogP contribution in [0.4, 0.5) is 13.2 Å². The van der Waals surface area contributed by atoms with Crippen molar-refractivity contribution in [2.45, 2.75) is 43.4 Å². The Morgan fingerprint density at radius 3 is 2.19 bits per heavy atom. The van der Waals surface area contributed by atoms with E-state index in [4.69, 9.17) is 5.73 Å². The lowest BCUT2D eigenvalue weighted by Crippen LogP contribution is -2.61. The Labute approximate surface area is 208 Å². The first-order valence-corrected chi connectivity index (χ1v) is 12.8. The van der Waals surface area contributed by atoms with Crippen molar-refractivity contribution in [2.24, 2.45) is 5.73 Å². The number of piperazine rings is 1. The maximum atomic E-state index is 13.3. The van der Waals surface area contributed by atoms with Crippen molar-refractivity contribution < 1.29 is 31.2 Å². The van der Waals surface area contributed by atoms with Crippen molar-refractivity contribution in [1.29, 1.82) is 0 Å². The fourth-order valence-electron chi connectivity index (χ4n) is 3.97. The molecule has 0 aromatic heterocycles. The van der Waals surface area contributed by atoms with Gasteiger partial charge in [-0.1, -0.05) is 38.1 Å². The molecule has 1 heterocycles. The Morgan fingerprint density at radius 2 is 1.67 bits per heavy atom. The van der Waals surface area contributed by atoms with E-state index in [0.29, 0.717) is 18.1 Å². The molecule has 2 aromatic rings. The zero-order valence-electron chi connectivity index (χ0n) is 20.0. The number of carbonyl (C=O) groups is 2. The van der Waals surface area contributed by atoms with Gasteiger partial charge in [-0.15, -0.1) is 0 Å². The third-order valence-corrected chi connectivity index (χ3v) is 7.92. The van der Waals surface area contributed by atoms with Crippen LogP contribution in [-0.2, 0) is 32.3 Å². The largest absolute Gasteiger partial charge is 0.416 e. The van der Waals surface area contributed by atoms with Gasteiger partial charge in [-0.3, -0.25) is 14.5 Å². The van der Waals surface area contributed by atoms with Gasteiger partial charge in [-0.25, -0.2) is 8.42 Å². The second kappa shape index (κ2) is 11.0. The number of halogens is 3. The summed E-state index contributed by atoms with van der Waals surface area (Å²) in [6, 6.07) is 9.54. The van der Waals surface area contributed by atoms with Crippen molar-refractivity contribution in [1.82, 2.24) is 14.5 Å². The van der Waals surface area contributed by atoms with Crippen LogP contribution in [0.25, 0.3) is 0 Å². The number of sulfonamides is 1. The highest BCUT2D eigenvalue weighted by Crippen LogP contribution is 2.31.